The van der Waals surface area contributed by atoms with Crippen LogP contribution in [0.25, 0.3) is 0 Å². The normalized spacial score (nSPS) is 26.0. The molecule has 1 aliphatic heterocycles. The van der Waals surface area contributed by atoms with Gasteiger partial charge in [-0.3, -0.25) is 4.79 Å². The molecule has 3 atom stereocenters. The van der Waals surface area contributed by atoms with Gasteiger partial charge in [0.25, 0.3) is 5.91 Å². The lowest BCUT2D eigenvalue weighted by atomic mass is 10.1. The van der Waals surface area contributed by atoms with Crippen molar-refractivity contribution < 1.29 is 17.9 Å². The monoisotopic (exact) mass is 454 g/mol. The molecule has 1 saturated carbocycles. The van der Waals surface area contributed by atoms with E-state index >= 15 is 0 Å². The molecule has 7 heteroatoms. The molecule has 1 saturated heterocycles. The number of fused-ring (bicyclic) bond motifs is 1. The molecule has 6 nitrogen and oxygen atoms in total. The quantitative estimate of drug-likeness (QED) is 0.690. The van der Waals surface area contributed by atoms with E-state index in [1.165, 1.54) is 15.4 Å². The Labute approximate surface area is 190 Å². The molecule has 2 aliphatic carbocycles. The summed E-state index contributed by atoms with van der Waals surface area (Å²) in [4.78, 5) is 15.8. The number of morpholine rings is 1. The smallest absolute Gasteiger partial charge is 0.254 e. The van der Waals surface area contributed by atoms with Crippen LogP contribution in [0.2, 0.25) is 0 Å². The maximum Gasteiger partial charge on any atom is 0.254 e. The lowest BCUT2D eigenvalue weighted by molar-refractivity contribution is -0.0440. The van der Waals surface area contributed by atoms with Crippen molar-refractivity contribution in [3.63, 3.8) is 0 Å². The molecule has 0 N–H and O–H groups in total. The molecule has 1 amide bonds. The average Bonchev–Trinajstić information content (AvgIpc) is 3.52. The van der Waals surface area contributed by atoms with Crippen LogP contribution in [-0.2, 0) is 21.2 Å². The van der Waals surface area contributed by atoms with E-state index in [0.29, 0.717) is 18.7 Å². The molecule has 0 bridgehead atoms. The van der Waals surface area contributed by atoms with Gasteiger partial charge in [-0.05, 0) is 74.9 Å². The third kappa shape index (κ3) is 3.98. The minimum absolute atomic E-state index is 0.00762. The Kier molecular flexibility index (Phi) is 5.60. The van der Waals surface area contributed by atoms with Crippen molar-refractivity contribution in [2.45, 2.75) is 68.7 Å². The van der Waals surface area contributed by atoms with Gasteiger partial charge < -0.3 is 9.64 Å². The lowest BCUT2D eigenvalue weighted by Crippen LogP contribution is -2.48. The highest BCUT2D eigenvalue weighted by Gasteiger charge is 2.41. The van der Waals surface area contributed by atoms with Crippen molar-refractivity contribution in [1.82, 2.24) is 9.21 Å². The first kappa shape index (κ1) is 21.6. The maximum absolute atomic E-state index is 13.5. The van der Waals surface area contributed by atoms with Gasteiger partial charge in [-0.2, -0.15) is 4.31 Å². The van der Waals surface area contributed by atoms with Gasteiger partial charge in [0.2, 0.25) is 10.0 Å². The Morgan fingerprint density at radius 3 is 2.28 bits per heavy atom. The number of hydrogen-bond donors (Lipinski definition) is 0. The summed E-state index contributed by atoms with van der Waals surface area (Å²) in [5.74, 6) is -0.00762. The van der Waals surface area contributed by atoms with E-state index in [4.69, 9.17) is 4.74 Å². The molecule has 2 aromatic carbocycles. The number of carbonyl (C=O) groups excluding carboxylic acids is 1. The first-order valence-corrected chi connectivity index (χ1v) is 12.9. The van der Waals surface area contributed by atoms with E-state index in [1.54, 1.807) is 24.3 Å². The van der Waals surface area contributed by atoms with Gasteiger partial charge in [0.15, 0.2) is 0 Å². The Morgan fingerprint density at radius 1 is 0.969 bits per heavy atom. The highest BCUT2D eigenvalue weighted by atomic mass is 32.2. The third-order valence-corrected chi connectivity index (χ3v) is 8.58. The van der Waals surface area contributed by atoms with Gasteiger partial charge in [-0.1, -0.05) is 24.3 Å². The second-order valence-electron chi connectivity index (χ2n) is 9.30. The van der Waals surface area contributed by atoms with Crippen LogP contribution in [0.4, 0.5) is 0 Å². The summed E-state index contributed by atoms with van der Waals surface area (Å²) in [7, 11) is -3.62. The summed E-state index contributed by atoms with van der Waals surface area (Å²) in [6.45, 7) is 4.44. The van der Waals surface area contributed by atoms with Crippen LogP contribution in [0.15, 0.2) is 53.4 Å². The second kappa shape index (κ2) is 8.28. The zero-order valence-corrected chi connectivity index (χ0v) is 19.4. The third-order valence-electron chi connectivity index (χ3n) is 6.74. The van der Waals surface area contributed by atoms with Gasteiger partial charge in [0, 0.05) is 24.7 Å². The van der Waals surface area contributed by atoms with Crippen molar-refractivity contribution in [3.8, 4) is 0 Å². The second-order valence-corrected chi connectivity index (χ2v) is 11.2. The molecule has 2 fully saturated rings. The number of sulfonamides is 1. The summed E-state index contributed by atoms with van der Waals surface area (Å²) in [6, 6.07) is 15.2. The van der Waals surface area contributed by atoms with Crippen LogP contribution in [0.3, 0.4) is 0 Å². The highest BCUT2D eigenvalue weighted by Crippen LogP contribution is 2.42. The first-order valence-electron chi connectivity index (χ1n) is 11.5. The first-order chi connectivity index (χ1) is 15.3. The molecule has 5 rings (SSSR count). The van der Waals surface area contributed by atoms with Gasteiger partial charge in [-0.25, -0.2) is 8.42 Å². The molecule has 0 spiro atoms. The van der Waals surface area contributed by atoms with E-state index in [1.807, 2.05) is 24.8 Å². The number of ether oxygens (including phenoxy) is 1. The minimum Gasteiger partial charge on any atom is -0.373 e. The van der Waals surface area contributed by atoms with E-state index < -0.39 is 10.0 Å². The molecule has 1 heterocycles. The van der Waals surface area contributed by atoms with Gasteiger partial charge in [0.1, 0.15) is 0 Å². The van der Waals surface area contributed by atoms with E-state index in [9.17, 15) is 13.2 Å². The molecule has 3 unspecified atom stereocenters. The Morgan fingerprint density at radius 2 is 1.62 bits per heavy atom. The standard InChI is InChI=1S/C25H30N2O4S/c1-17-15-26(16-18(2)31-17)32(29,30)22-12-7-20(8-13-22)25(28)27(21-10-11-21)24-14-9-19-5-3-4-6-23(19)24/h3-8,12-13,17-18,21,24H,9-11,14-16H2,1-2H3. The van der Waals surface area contributed by atoms with Crippen LogP contribution < -0.4 is 0 Å². The van der Waals surface area contributed by atoms with E-state index in [-0.39, 0.29) is 35.1 Å². The van der Waals surface area contributed by atoms with Crippen molar-refractivity contribution in [2.75, 3.05) is 13.1 Å². The highest BCUT2D eigenvalue weighted by molar-refractivity contribution is 7.89. The molecule has 170 valence electrons. The number of aryl methyl sites for hydroxylation is 1. The zero-order chi connectivity index (χ0) is 22.5. The van der Waals surface area contributed by atoms with Crippen LogP contribution in [-0.4, -0.2) is 54.9 Å². The molecule has 0 aromatic heterocycles. The molecular formula is C25H30N2O4S. The number of amides is 1. The Balaban J connectivity index is 1.38. The number of benzene rings is 2. The summed E-state index contributed by atoms with van der Waals surface area (Å²) >= 11 is 0. The van der Waals surface area contributed by atoms with E-state index in [0.717, 1.165) is 25.7 Å². The minimum atomic E-state index is -3.62. The largest absolute Gasteiger partial charge is 0.373 e. The van der Waals surface area contributed by atoms with Crippen molar-refractivity contribution in [1.29, 1.82) is 0 Å². The maximum atomic E-state index is 13.5. The molecule has 3 aliphatic rings. The number of nitrogens with zero attached hydrogens (tertiary/aromatic N) is 2. The number of hydrogen-bond acceptors (Lipinski definition) is 4. The molecule has 2 aromatic rings. The zero-order valence-electron chi connectivity index (χ0n) is 18.6. The van der Waals surface area contributed by atoms with E-state index in [2.05, 4.69) is 18.2 Å². The van der Waals surface area contributed by atoms with Crippen LogP contribution in [0, 0.1) is 0 Å². The van der Waals surface area contributed by atoms with Crippen molar-refractivity contribution >= 4 is 15.9 Å². The number of rotatable bonds is 5. The fourth-order valence-corrected chi connectivity index (χ4v) is 6.72. The topological polar surface area (TPSA) is 66.9 Å². The van der Waals surface area contributed by atoms with Crippen LogP contribution in [0.5, 0.6) is 0 Å². The van der Waals surface area contributed by atoms with Gasteiger partial charge in [0.05, 0.1) is 23.1 Å². The van der Waals surface area contributed by atoms with Gasteiger partial charge >= 0.3 is 0 Å². The average molecular weight is 455 g/mol. The van der Waals surface area contributed by atoms with Gasteiger partial charge in [-0.15, -0.1) is 0 Å². The molecule has 32 heavy (non-hydrogen) atoms. The summed E-state index contributed by atoms with van der Waals surface area (Å²) in [6.07, 6.45) is 3.72. The van der Waals surface area contributed by atoms with Crippen LogP contribution >= 0.6 is 0 Å². The molecular weight excluding hydrogens is 424 g/mol. The fourth-order valence-electron chi connectivity index (χ4n) is 5.13. The lowest BCUT2D eigenvalue weighted by Gasteiger charge is -2.34. The predicted octanol–water partition coefficient (Wildman–Crippen LogP) is 3.78. The number of carbonyl (C=O) groups is 1. The summed E-state index contributed by atoms with van der Waals surface area (Å²) in [5.41, 5.74) is 3.12. The molecule has 0 radical (unpaired) electrons. The summed E-state index contributed by atoms with van der Waals surface area (Å²) in [5, 5.41) is 0. The Bertz CT molecular complexity index is 1100. The summed E-state index contributed by atoms with van der Waals surface area (Å²) < 4.78 is 33.4. The Hall–Kier alpha value is -2.22. The van der Waals surface area contributed by atoms with Crippen molar-refractivity contribution in [2.24, 2.45) is 0 Å². The SMILES string of the molecule is CC1CN(S(=O)(=O)c2ccc(C(=O)N(C3CC3)C3CCc4ccccc43)cc2)CC(C)O1. The fraction of sp³-hybridized carbons (Fsp3) is 0.480. The predicted molar refractivity (Wildman–Crippen MR) is 122 cm³/mol. The van der Waals surface area contributed by atoms with Crippen molar-refractivity contribution in [3.05, 3.63) is 65.2 Å². The van der Waals surface area contributed by atoms with Crippen LogP contribution in [0.1, 0.15) is 60.6 Å².